The van der Waals surface area contributed by atoms with Gasteiger partial charge in [-0.05, 0) is 38.3 Å². The highest BCUT2D eigenvalue weighted by Crippen LogP contribution is 2.32. The first-order valence-electron chi connectivity index (χ1n) is 8.69. The average Bonchev–Trinajstić information content (AvgIpc) is 3.22. The van der Waals surface area contributed by atoms with E-state index in [0.29, 0.717) is 25.3 Å². The van der Waals surface area contributed by atoms with Gasteiger partial charge in [-0.2, -0.15) is 0 Å². The van der Waals surface area contributed by atoms with E-state index in [0.717, 1.165) is 18.4 Å². The van der Waals surface area contributed by atoms with E-state index in [2.05, 4.69) is 5.32 Å². The molecule has 3 atom stereocenters. The van der Waals surface area contributed by atoms with Crippen LogP contribution in [0, 0.1) is 6.92 Å². The number of carbonyl (C=O) groups is 3. The topological polar surface area (TPSA) is 79.0 Å². The predicted octanol–water partition coefficient (Wildman–Crippen LogP) is 1.06. The number of benzene rings is 1. The van der Waals surface area contributed by atoms with E-state index in [9.17, 15) is 14.4 Å². The maximum atomic E-state index is 12.6. The molecular weight excluding hydrogens is 322 g/mol. The third-order valence-corrected chi connectivity index (χ3v) is 5.24. The van der Waals surface area contributed by atoms with Crippen LogP contribution in [0.3, 0.4) is 0 Å². The molecule has 0 radical (unpaired) electrons. The number of fused-ring (bicyclic) bond motifs is 2. The molecule has 1 N–H and O–H groups in total. The van der Waals surface area contributed by atoms with E-state index in [1.54, 1.807) is 21.9 Å². The van der Waals surface area contributed by atoms with Crippen molar-refractivity contribution < 1.29 is 19.1 Å². The van der Waals surface area contributed by atoms with Gasteiger partial charge < -0.3 is 19.9 Å². The summed E-state index contributed by atoms with van der Waals surface area (Å²) in [5.74, 6) is 0.489. The number of hydrogen-bond donors (Lipinski definition) is 1. The molecule has 1 aromatic carbocycles. The van der Waals surface area contributed by atoms with Gasteiger partial charge in [0.25, 0.3) is 0 Å². The Kier molecular flexibility index (Phi) is 3.86. The second-order valence-electron chi connectivity index (χ2n) is 6.98. The van der Waals surface area contributed by atoms with Gasteiger partial charge in [0.15, 0.2) is 0 Å². The molecule has 0 aliphatic carbocycles. The lowest BCUT2D eigenvalue weighted by molar-refractivity contribution is -0.156. The second kappa shape index (κ2) is 6.06. The number of ether oxygens (including phenoxy) is 1. The molecule has 132 valence electrons. The normalized spacial score (nSPS) is 28.0. The first-order valence-corrected chi connectivity index (χ1v) is 8.69. The molecule has 25 heavy (non-hydrogen) atoms. The summed E-state index contributed by atoms with van der Waals surface area (Å²) in [6.45, 7) is 2.98. The number of nitrogens with zero attached hydrogens (tertiary/aromatic N) is 2. The van der Waals surface area contributed by atoms with Crippen molar-refractivity contribution in [1.82, 2.24) is 15.1 Å². The second-order valence-corrected chi connectivity index (χ2v) is 6.98. The highest BCUT2D eigenvalue weighted by Gasteiger charge is 2.51. The summed E-state index contributed by atoms with van der Waals surface area (Å²) in [6, 6.07) is 6.17. The fraction of sp³-hybridized carbons (Fsp3) is 0.500. The van der Waals surface area contributed by atoms with Crippen molar-refractivity contribution >= 4 is 17.9 Å². The molecule has 7 heteroatoms. The van der Waals surface area contributed by atoms with E-state index in [-0.39, 0.29) is 23.9 Å². The van der Waals surface area contributed by atoms with Crippen molar-refractivity contribution in [3.05, 3.63) is 29.8 Å². The Bertz CT molecular complexity index is 688. The third-order valence-electron chi connectivity index (χ3n) is 5.24. The Morgan fingerprint density at radius 2 is 1.84 bits per heavy atom. The van der Waals surface area contributed by atoms with Gasteiger partial charge in [0.1, 0.15) is 17.8 Å². The fourth-order valence-corrected chi connectivity index (χ4v) is 4.00. The number of aryl methyl sites for hydroxylation is 1. The highest BCUT2D eigenvalue weighted by molar-refractivity contribution is 5.98. The maximum absolute atomic E-state index is 12.6. The number of hydrogen-bond acceptors (Lipinski definition) is 4. The van der Waals surface area contributed by atoms with E-state index < -0.39 is 12.1 Å². The molecule has 0 saturated carbocycles. The fourth-order valence-electron chi connectivity index (χ4n) is 4.00. The zero-order valence-electron chi connectivity index (χ0n) is 14.1. The minimum Gasteiger partial charge on any atom is -0.410 e. The molecule has 0 aromatic heterocycles. The monoisotopic (exact) mass is 343 g/mol. The van der Waals surface area contributed by atoms with Crippen LogP contribution >= 0.6 is 0 Å². The molecule has 3 aliphatic rings. The molecule has 4 rings (SSSR count). The largest absolute Gasteiger partial charge is 0.412 e. The SMILES string of the molecule is Cc1ccc(OC(=O)N[C@H]2C[C@H]3C(=O)N4CCC[C@@H]4C(=O)N3C2)cc1. The minimum atomic E-state index is -0.561. The lowest BCUT2D eigenvalue weighted by Gasteiger charge is -2.38. The van der Waals surface area contributed by atoms with Gasteiger partial charge in [-0.3, -0.25) is 9.59 Å². The number of piperazine rings is 1. The van der Waals surface area contributed by atoms with Crippen LogP contribution in [0.25, 0.3) is 0 Å². The van der Waals surface area contributed by atoms with Crippen LogP contribution in [0.15, 0.2) is 24.3 Å². The van der Waals surface area contributed by atoms with Gasteiger partial charge in [-0.25, -0.2) is 4.79 Å². The first kappa shape index (κ1) is 15.9. The Labute approximate surface area is 145 Å². The third kappa shape index (κ3) is 2.83. The van der Waals surface area contributed by atoms with Crippen LogP contribution in [-0.2, 0) is 9.59 Å². The summed E-state index contributed by atoms with van der Waals surface area (Å²) in [5, 5.41) is 2.78. The van der Waals surface area contributed by atoms with Gasteiger partial charge in [0, 0.05) is 13.1 Å². The molecule has 3 aliphatic heterocycles. The van der Waals surface area contributed by atoms with Crippen molar-refractivity contribution in [2.75, 3.05) is 13.1 Å². The van der Waals surface area contributed by atoms with E-state index in [1.807, 2.05) is 19.1 Å². The van der Waals surface area contributed by atoms with Gasteiger partial charge in [-0.1, -0.05) is 17.7 Å². The van der Waals surface area contributed by atoms with Crippen LogP contribution in [-0.4, -0.2) is 58.9 Å². The highest BCUT2D eigenvalue weighted by atomic mass is 16.6. The molecule has 7 nitrogen and oxygen atoms in total. The molecule has 3 saturated heterocycles. The molecule has 3 amide bonds. The molecule has 0 unspecified atom stereocenters. The Hall–Kier alpha value is -2.57. The smallest absolute Gasteiger partial charge is 0.410 e. The average molecular weight is 343 g/mol. The van der Waals surface area contributed by atoms with Crippen molar-refractivity contribution in [2.24, 2.45) is 0 Å². The number of nitrogens with one attached hydrogen (secondary N) is 1. The summed E-state index contributed by atoms with van der Waals surface area (Å²) in [4.78, 5) is 40.6. The molecule has 3 fully saturated rings. The van der Waals surface area contributed by atoms with Crippen LogP contribution in [0.1, 0.15) is 24.8 Å². The van der Waals surface area contributed by atoms with Crippen LogP contribution < -0.4 is 10.1 Å². The predicted molar refractivity (Wildman–Crippen MR) is 89.0 cm³/mol. The van der Waals surface area contributed by atoms with Gasteiger partial charge >= 0.3 is 6.09 Å². The number of amides is 3. The molecule has 0 bridgehead atoms. The lowest BCUT2D eigenvalue weighted by Crippen LogP contribution is -2.60. The quantitative estimate of drug-likeness (QED) is 0.871. The van der Waals surface area contributed by atoms with Crippen molar-refractivity contribution in [3.8, 4) is 5.75 Å². The van der Waals surface area contributed by atoms with E-state index in [1.165, 1.54) is 0 Å². The minimum absolute atomic E-state index is 0.0123. The summed E-state index contributed by atoms with van der Waals surface area (Å²) in [6.07, 6.45) is 1.50. The Balaban J connectivity index is 1.39. The summed E-state index contributed by atoms with van der Waals surface area (Å²) in [5.41, 5.74) is 1.08. The first-order chi connectivity index (χ1) is 12.0. The van der Waals surface area contributed by atoms with Gasteiger partial charge in [-0.15, -0.1) is 0 Å². The van der Waals surface area contributed by atoms with Gasteiger partial charge in [0.05, 0.1) is 6.04 Å². The van der Waals surface area contributed by atoms with Crippen LogP contribution in [0.5, 0.6) is 5.75 Å². The molecule has 3 heterocycles. The maximum Gasteiger partial charge on any atom is 0.412 e. The Morgan fingerprint density at radius 1 is 1.12 bits per heavy atom. The van der Waals surface area contributed by atoms with Crippen LogP contribution in [0.2, 0.25) is 0 Å². The Morgan fingerprint density at radius 3 is 2.60 bits per heavy atom. The molecule has 0 spiro atoms. The lowest BCUT2D eigenvalue weighted by atomic mass is 10.1. The summed E-state index contributed by atoms with van der Waals surface area (Å²) >= 11 is 0. The van der Waals surface area contributed by atoms with Crippen molar-refractivity contribution in [1.29, 1.82) is 0 Å². The van der Waals surface area contributed by atoms with E-state index in [4.69, 9.17) is 4.74 Å². The summed E-state index contributed by atoms with van der Waals surface area (Å²) in [7, 11) is 0. The number of carbonyl (C=O) groups excluding carboxylic acids is 3. The molecule has 1 aromatic rings. The zero-order valence-corrected chi connectivity index (χ0v) is 14.1. The van der Waals surface area contributed by atoms with Crippen molar-refractivity contribution in [2.45, 2.75) is 44.3 Å². The standard InChI is InChI=1S/C18H21N3O4/c1-11-4-6-13(7-5-11)25-18(24)19-12-9-15-17(23)20-8-2-3-14(20)16(22)21(15)10-12/h4-7,12,14-15H,2-3,8-10H2,1H3,(H,19,24)/t12-,14+,15-/m0/s1. The zero-order chi connectivity index (χ0) is 17.6. The van der Waals surface area contributed by atoms with Crippen molar-refractivity contribution in [3.63, 3.8) is 0 Å². The van der Waals surface area contributed by atoms with Gasteiger partial charge in [0.2, 0.25) is 11.8 Å². The van der Waals surface area contributed by atoms with E-state index >= 15 is 0 Å². The van der Waals surface area contributed by atoms with Crippen LogP contribution in [0.4, 0.5) is 4.79 Å². The summed E-state index contributed by atoms with van der Waals surface area (Å²) < 4.78 is 5.26. The number of rotatable bonds is 2. The molecular formula is C18H21N3O4.